The molecule has 8 heteroatoms. The average Bonchev–Trinajstić information content (AvgIpc) is 3.28. The van der Waals surface area contributed by atoms with Gasteiger partial charge in [0, 0.05) is 26.2 Å². The van der Waals surface area contributed by atoms with E-state index in [0.29, 0.717) is 12.5 Å². The van der Waals surface area contributed by atoms with E-state index in [2.05, 4.69) is 53.1 Å². The van der Waals surface area contributed by atoms with Gasteiger partial charge in [0.05, 0.1) is 24.3 Å². The van der Waals surface area contributed by atoms with Crippen molar-refractivity contribution in [2.75, 3.05) is 39.8 Å². The van der Waals surface area contributed by atoms with E-state index in [4.69, 9.17) is 0 Å². The van der Waals surface area contributed by atoms with Crippen LogP contribution < -0.4 is 5.32 Å². The van der Waals surface area contributed by atoms with Crippen molar-refractivity contribution >= 4 is 12.7 Å². The maximum atomic E-state index is 13.2. The Morgan fingerprint density at radius 3 is 2.65 bits per heavy atom. The van der Waals surface area contributed by atoms with Gasteiger partial charge in [-0.05, 0) is 45.9 Å². The lowest BCUT2D eigenvalue weighted by Crippen LogP contribution is -2.57. The Kier molecular flexibility index (Phi) is 8.46. The van der Waals surface area contributed by atoms with Crippen LogP contribution >= 0.6 is 0 Å². The zero-order valence-corrected chi connectivity index (χ0v) is 19.7. The van der Waals surface area contributed by atoms with Crippen molar-refractivity contribution in [1.82, 2.24) is 30.1 Å². The molecule has 2 heterocycles. The average molecular weight is 432 g/mol. The van der Waals surface area contributed by atoms with Gasteiger partial charge in [-0.2, -0.15) is 0 Å². The molecule has 1 aromatic heterocycles. The summed E-state index contributed by atoms with van der Waals surface area (Å²) >= 11 is 0. The van der Waals surface area contributed by atoms with E-state index < -0.39 is 5.54 Å². The van der Waals surface area contributed by atoms with Crippen molar-refractivity contribution in [2.45, 2.75) is 76.8 Å². The molecule has 0 radical (unpaired) electrons. The molecular weight excluding hydrogens is 390 g/mol. The summed E-state index contributed by atoms with van der Waals surface area (Å²) in [6, 6.07) is 0.189. The maximum Gasteiger partial charge on any atom is 0.318 e. The number of hydrogen-bond acceptors (Lipinski definition) is 5. The molecule has 2 atom stereocenters. The van der Waals surface area contributed by atoms with Crippen LogP contribution in [-0.2, 0) is 5.54 Å². The first-order valence-corrected chi connectivity index (χ1v) is 12.1. The maximum absolute atomic E-state index is 13.2. The Morgan fingerprint density at radius 2 is 2.00 bits per heavy atom. The molecule has 1 N–H and O–H groups in total. The fourth-order valence-electron chi connectivity index (χ4n) is 4.96. The smallest absolute Gasteiger partial charge is 0.318 e. The molecular formula is C23H41N7O. The van der Waals surface area contributed by atoms with E-state index in [1.807, 2.05) is 15.8 Å². The van der Waals surface area contributed by atoms with Gasteiger partial charge < -0.3 is 15.1 Å². The van der Waals surface area contributed by atoms with Crippen LogP contribution in [0.15, 0.2) is 11.2 Å². The van der Waals surface area contributed by atoms with Crippen molar-refractivity contribution in [3.8, 4) is 0 Å². The van der Waals surface area contributed by atoms with Gasteiger partial charge in [-0.15, -0.1) is 5.10 Å². The zero-order chi connectivity index (χ0) is 22.3. The highest BCUT2D eigenvalue weighted by Crippen LogP contribution is 2.39. The van der Waals surface area contributed by atoms with Crippen molar-refractivity contribution in [3.05, 3.63) is 11.9 Å². The Hall–Kier alpha value is -1.96. The van der Waals surface area contributed by atoms with Crippen LogP contribution in [-0.4, -0.2) is 77.3 Å². The minimum absolute atomic E-state index is 0.0195. The van der Waals surface area contributed by atoms with Gasteiger partial charge in [0.1, 0.15) is 5.69 Å². The molecule has 1 saturated carbocycles. The fraction of sp³-hybridized carbons (Fsp3) is 0.826. The molecule has 2 unspecified atom stereocenters. The zero-order valence-electron chi connectivity index (χ0n) is 19.7. The van der Waals surface area contributed by atoms with Gasteiger partial charge in [0.2, 0.25) is 0 Å². The first kappa shape index (κ1) is 23.7. The molecule has 3 rings (SSSR count). The third kappa shape index (κ3) is 5.84. The Morgan fingerprint density at radius 1 is 1.29 bits per heavy atom. The number of likely N-dealkylation sites (N-methyl/N-ethyl adjacent to an activating group) is 1. The van der Waals surface area contributed by atoms with Gasteiger partial charge in [-0.3, -0.25) is 4.99 Å². The lowest BCUT2D eigenvalue weighted by atomic mass is 9.74. The number of carbonyl (C=O) groups excluding carboxylic acids is 1. The number of carbonyl (C=O) groups is 1. The first-order chi connectivity index (χ1) is 15.0. The summed E-state index contributed by atoms with van der Waals surface area (Å²) in [7, 11) is 2.10. The second-order valence-corrected chi connectivity index (χ2v) is 9.54. The predicted octanol–water partition coefficient (Wildman–Crippen LogP) is 3.46. The Balaban J connectivity index is 1.82. The van der Waals surface area contributed by atoms with E-state index in [-0.39, 0.29) is 12.1 Å². The minimum atomic E-state index is -0.518. The number of unbranched alkanes of at least 4 members (excludes halogenated alkanes) is 1. The molecule has 2 aliphatic rings. The predicted molar refractivity (Wildman–Crippen MR) is 125 cm³/mol. The summed E-state index contributed by atoms with van der Waals surface area (Å²) < 4.78 is 1.95. The molecule has 0 bridgehead atoms. The largest absolute Gasteiger partial charge is 0.327 e. The number of hydrogen-bond donors (Lipinski definition) is 1. The number of aromatic nitrogens is 3. The van der Waals surface area contributed by atoms with Gasteiger partial charge in [-0.1, -0.05) is 44.2 Å². The van der Waals surface area contributed by atoms with Crippen LogP contribution in [0.5, 0.6) is 0 Å². The molecule has 2 fully saturated rings. The van der Waals surface area contributed by atoms with Gasteiger partial charge in [-0.25, -0.2) is 9.48 Å². The molecule has 31 heavy (non-hydrogen) atoms. The van der Waals surface area contributed by atoms with Crippen LogP contribution in [0.1, 0.15) is 76.9 Å². The van der Waals surface area contributed by atoms with E-state index in [1.165, 1.54) is 19.3 Å². The number of urea groups is 1. The monoisotopic (exact) mass is 431 g/mol. The lowest BCUT2D eigenvalue weighted by molar-refractivity contribution is 0.125. The summed E-state index contributed by atoms with van der Waals surface area (Å²) in [4.78, 5) is 21.6. The summed E-state index contributed by atoms with van der Waals surface area (Å²) in [5, 5.41) is 12.5. The second-order valence-electron chi connectivity index (χ2n) is 9.54. The summed E-state index contributed by atoms with van der Waals surface area (Å²) in [6.45, 7) is 12.0. The number of amides is 2. The number of piperazine rings is 1. The summed E-state index contributed by atoms with van der Waals surface area (Å²) in [6.07, 6.45) is 11.2. The van der Waals surface area contributed by atoms with Crippen molar-refractivity contribution < 1.29 is 4.79 Å². The SMILES string of the molecule is C=NCC(CCCC)n1cc(C(C)(NC(=O)N2CCN(C)CC2)C2CCCCC2)nn1. The number of aliphatic imine (C=N–C) groups is 1. The molecule has 0 aromatic carbocycles. The van der Waals surface area contributed by atoms with Crippen molar-refractivity contribution in [3.63, 3.8) is 0 Å². The van der Waals surface area contributed by atoms with Crippen molar-refractivity contribution in [1.29, 1.82) is 0 Å². The van der Waals surface area contributed by atoms with Crippen LogP contribution in [0, 0.1) is 5.92 Å². The van der Waals surface area contributed by atoms with E-state index in [0.717, 1.165) is 64.0 Å². The van der Waals surface area contributed by atoms with Gasteiger partial charge in [0.25, 0.3) is 0 Å². The number of rotatable bonds is 9. The normalized spacial score (nSPS) is 21.5. The van der Waals surface area contributed by atoms with Crippen molar-refractivity contribution in [2.24, 2.45) is 10.9 Å². The lowest BCUT2D eigenvalue weighted by Gasteiger charge is -2.41. The first-order valence-electron chi connectivity index (χ1n) is 12.1. The summed E-state index contributed by atoms with van der Waals surface area (Å²) in [5.74, 6) is 0.370. The van der Waals surface area contributed by atoms with Gasteiger partial charge in [0.15, 0.2) is 0 Å². The molecule has 1 saturated heterocycles. The quantitative estimate of drug-likeness (QED) is 0.607. The molecule has 2 amide bonds. The van der Waals surface area contributed by atoms with E-state index in [1.54, 1.807) is 0 Å². The third-order valence-corrected chi connectivity index (χ3v) is 7.23. The Labute approximate surface area is 187 Å². The topological polar surface area (TPSA) is 78.7 Å². The highest BCUT2D eigenvalue weighted by molar-refractivity contribution is 5.75. The number of nitrogens with zero attached hydrogens (tertiary/aromatic N) is 6. The third-order valence-electron chi connectivity index (χ3n) is 7.23. The molecule has 174 valence electrons. The fourth-order valence-corrected chi connectivity index (χ4v) is 4.96. The number of nitrogens with one attached hydrogen (secondary N) is 1. The molecule has 1 aliphatic heterocycles. The highest BCUT2D eigenvalue weighted by atomic mass is 16.2. The van der Waals surface area contributed by atoms with Crippen LogP contribution in [0.3, 0.4) is 0 Å². The second kappa shape index (κ2) is 11.1. The molecule has 1 aliphatic carbocycles. The van der Waals surface area contributed by atoms with Crippen LogP contribution in [0.4, 0.5) is 4.79 Å². The summed E-state index contributed by atoms with van der Waals surface area (Å²) in [5.41, 5.74) is 0.350. The molecule has 1 aromatic rings. The van der Waals surface area contributed by atoms with Crippen LogP contribution in [0.25, 0.3) is 0 Å². The molecule has 0 spiro atoms. The Bertz CT molecular complexity index is 707. The van der Waals surface area contributed by atoms with E-state index >= 15 is 0 Å². The van der Waals surface area contributed by atoms with Gasteiger partial charge >= 0.3 is 6.03 Å². The van der Waals surface area contributed by atoms with E-state index in [9.17, 15) is 4.79 Å². The molecule has 8 nitrogen and oxygen atoms in total. The standard InChI is InChI=1S/C23H41N7O/c1-5-6-12-20(17-24-3)30-18-21(26-27-30)23(2,19-10-8-7-9-11-19)25-22(31)29-15-13-28(4)14-16-29/h18-20H,3,5-17H2,1-2,4H3,(H,25,31). The minimum Gasteiger partial charge on any atom is -0.327 e. The van der Waals surface area contributed by atoms with Crippen LogP contribution in [0.2, 0.25) is 0 Å². The highest BCUT2D eigenvalue weighted by Gasteiger charge is 2.41.